The molecule has 0 aliphatic rings. The number of amides is 1. The van der Waals surface area contributed by atoms with Crippen LogP contribution in [-0.2, 0) is 24.0 Å². The van der Waals surface area contributed by atoms with Crippen LogP contribution in [0.3, 0.4) is 0 Å². The first-order valence-corrected chi connectivity index (χ1v) is 10.4. The summed E-state index contributed by atoms with van der Waals surface area (Å²) in [7, 11) is 0. The van der Waals surface area contributed by atoms with Crippen LogP contribution in [0.15, 0.2) is 0 Å². The number of carbonyl (C=O) groups excluding carboxylic acids is 2. The van der Waals surface area contributed by atoms with Crippen molar-refractivity contribution in [3.8, 4) is 0 Å². The topological polar surface area (TPSA) is 205 Å². The molecule has 12 heteroatoms. The first-order chi connectivity index (χ1) is 15.8. The average molecular weight is 473 g/mol. The van der Waals surface area contributed by atoms with Crippen molar-refractivity contribution in [1.82, 2.24) is 4.90 Å². The summed E-state index contributed by atoms with van der Waals surface area (Å²) in [5.74, 6) is -3.39. The molecule has 0 aliphatic heterocycles. The zero-order valence-electron chi connectivity index (χ0n) is 18.2. The normalized spacial score (nSPS) is 10.8. The Morgan fingerprint density at radius 1 is 0.636 bits per heavy atom. The third kappa shape index (κ3) is 6.93. The van der Waals surface area contributed by atoms with Gasteiger partial charge >= 0.3 is 11.9 Å². The largest absolute Gasteiger partial charge is 0.478 e. The van der Waals surface area contributed by atoms with E-state index >= 15 is 0 Å². The zero-order valence-corrected chi connectivity index (χ0v) is 18.2. The predicted octanol–water partition coefficient (Wildman–Crippen LogP) is -2.43. The highest BCUT2D eigenvalue weighted by Gasteiger charge is 2.34. The van der Waals surface area contributed by atoms with E-state index in [4.69, 9.17) is 9.84 Å². The van der Waals surface area contributed by atoms with Crippen molar-refractivity contribution < 1.29 is 54.9 Å². The highest BCUT2D eigenvalue weighted by molar-refractivity contribution is 6.07. The van der Waals surface area contributed by atoms with Crippen LogP contribution in [0.1, 0.15) is 47.8 Å². The highest BCUT2D eigenvalue weighted by Crippen LogP contribution is 2.32. The number of aromatic carboxylic acids is 1. The summed E-state index contributed by atoms with van der Waals surface area (Å²) in [6.45, 7) is -3.91. The lowest BCUT2D eigenvalue weighted by Gasteiger charge is -2.27. The van der Waals surface area contributed by atoms with E-state index in [9.17, 15) is 45.0 Å². The molecule has 0 saturated heterocycles. The minimum absolute atomic E-state index is 0.0526. The molecule has 1 aromatic carbocycles. The molecule has 0 bridgehead atoms. The maximum atomic E-state index is 13.5. The number of carboxylic acids is 1. The van der Waals surface area contributed by atoms with E-state index in [0.29, 0.717) is 0 Å². The second kappa shape index (κ2) is 14.5. The van der Waals surface area contributed by atoms with Gasteiger partial charge in [-0.3, -0.25) is 4.79 Å². The molecule has 12 nitrogen and oxygen atoms in total. The fraction of sp³-hybridized carbons (Fsp3) is 0.571. The summed E-state index contributed by atoms with van der Waals surface area (Å²) >= 11 is 0. The van der Waals surface area contributed by atoms with Gasteiger partial charge in [-0.15, -0.1) is 0 Å². The smallest absolute Gasteiger partial charge is 0.338 e. The van der Waals surface area contributed by atoms with Gasteiger partial charge in [0, 0.05) is 38.5 Å². The number of esters is 1. The lowest BCUT2D eigenvalue weighted by molar-refractivity contribution is 0.0430. The van der Waals surface area contributed by atoms with Gasteiger partial charge in [0.25, 0.3) is 5.91 Å². The Labute approximate surface area is 190 Å². The van der Waals surface area contributed by atoms with E-state index in [1.807, 2.05) is 0 Å². The number of hydrogen-bond donors (Lipinski definition) is 7. The number of hydrogen-bond acceptors (Lipinski definition) is 10. The van der Waals surface area contributed by atoms with E-state index in [-0.39, 0.29) is 60.2 Å². The Bertz CT molecular complexity index is 819. The van der Waals surface area contributed by atoms with Gasteiger partial charge in [-0.1, -0.05) is 0 Å². The van der Waals surface area contributed by atoms with Crippen LogP contribution in [0.5, 0.6) is 0 Å². The van der Waals surface area contributed by atoms with E-state index in [1.54, 1.807) is 0 Å². The molecule has 0 fully saturated rings. The molecule has 0 radical (unpaired) electrons. The molecule has 0 heterocycles. The van der Waals surface area contributed by atoms with Crippen molar-refractivity contribution in [2.24, 2.45) is 0 Å². The maximum absolute atomic E-state index is 13.5. The van der Waals surface area contributed by atoms with E-state index < -0.39 is 69.7 Å². The van der Waals surface area contributed by atoms with E-state index in [0.717, 1.165) is 4.90 Å². The van der Waals surface area contributed by atoms with Crippen LogP contribution in [0.25, 0.3) is 0 Å². The monoisotopic (exact) mass is 473 g/mol. The molecule has 33 heavy (non-hydrogen) atoms. The SMILES string of the molecule is O=C(O)c1c(CCO)c(C(=O)OCCO)c(CCO)c(C(=O)N(CCO)CCO)c1CCO. The number of aliphatic hydroxyl groups excluding tert-OH is 6. The first kappa shape index (κ1) is 28.4. The fourth-order valence-electron chi connectivity index (χ4n) is 3.69. The molecular formula is C21H31NO11. The van der Waals surface area contributed by atoms with Gasteiger partial charge in [0.15, 0.2) is 0 Å². The highest BCUT2D eigenvalue weighted by atomic mass is 16.5. The molecule has 0 atom stereocenters. The van der Waals surface area contributed by atoms with Crippen molar-refractivity contribution in [3.63, 3.8) is 0 Å². The number of benzene rings is 1. The molecule has 7 N–H and O–H groups in total. The van der Waals surface area contributed by atoms with Gasteiger partial charge in [-0.05, 0) is 36.0 Å². The molecular weight excluding hydrogens is 442 g/mol. The molecule has 1 amide bonds. The van der Waals surface area contributed by atoms with Crippen molar-refractivity contribution in [2.45, 2.75) is 19.3 Å². The molecule has 1 rings (SSSR count). The number of aliphatic hydroxyl groups is 6. The predicted molar refractivity (Wildman–Crippen MR) is 113 cm³/mol. The van der Waals surface area contributed by atoms with Gasteiger partial charge in [0.1, 0.15) is 6.61 Å². The van der Waals surface area contributed by atoms with Crippen LogP contribution in [0.4, 0.5) is 0 Å². The second-order valence-electron chi connectivity index (χ2n) is 6.89. The van der Waals surface area contributed by atoms with Crippen LogP contribution in [0.2, 0.25) is 0 Å². The minimum Gasteiger partial charge on any atom is -0.478 e. The Morgan fingerprint density at radius 3 is 1.48 bits per heavy atom. The number of rotatable bonds is 15. The standard InChI is InChI=1S/C21H31NO11/c23-6-1-13-16(19(29)22(4-9-26)5-10-27)14(2-7-24)18(21(32)33-12-11-28)15(3-8-25)17(13)20(30)31/h23-28H,1-12H2,(H,30,31). The average Bonchev–Trinajstić information content (AvgIpc) is 2.77. The van der Waals surface area contributed by atoms with E-state index in [1.165, 1.54) is 0 Å². The zero-order chi connectivity index (χ0) is 25.0. The van der Waals surface area contributed by atoms with Gasteiger partial charge in [0.05, 0.1) is 30.9 Å². The number of nitrogens with zero attached hydrogens (tertiary/aromatic N) is 1. The Kier molecular flexibility index (Phi) is 12.5. The molecule has 0 unspecified atom stereocenters. The van der Waals surface area contributed by atoms with Crippen LogP contribution < -0.4 is 0 Å². The van der Waals surface area contributed by atoms with Crippen molar-refractivity contribution >= 4 is 17.8 Å². The first-order valence-electron chi connectivity index (χ1n) is 10.4. The van der Waals surface area contributed by atoms with Crippen molar-refractivity contribution in [3.05, 3.63) is 33.4 Å². The number of ether oxygens (including phenoxy) is 1. The third-order valence-corrected chi connectivity index (χ3v) is 4.88. The summed E-state index contributed by atoms with van der Waals surface area (Å²) in [5.41, 5.74) is -1.36. The van der Waals surface area contributed by atoms with Crippen LogP contribution in [0, 0.1) is 0 Å². The molecule has 186 valence electrons. The quantitative estimate of drug-likeness (QED) is 0.133. The summed E-state index contributed by atoms with van der Waals surface area (Å²) in [6.07, 6.45) is -0.862. The van der Waals surface area contributed by atoms with Crippen LogP contribution >= 0.6 is 0 Å². The fourth-order valence-corrected chi connectivity index (χ4v) is 3.69. The van der Waals surface area contributed by atoms with Crippen molar-refractivity contribution in [2.75, 3.05) is 59.3 Å². The molecule has 0 spiro atoms. The minimum atomic E-state index is -1.52. The Morgan fingerprint density at radius 2 is 1.09 bits per heavy atom. The van der Waals surface area contributed by atoms with Crippen LogP contribution in [-0.4, -0.2) is 118 Å². The Hall–Kier alpha value is -2.61. The van der Waals surface area contributed by atoms with Gasteiger partial charge in [0.2, 0.25) is 0 Å². The van der Waals surface area contributed by atoms with Gasteiger partial charge in [-0.25, -0.2) is 9.59 Å². The maximum Gasteiger partial charge on any atom is 0.338 e. The Balaban J connectivity index is 4.13. The van der Waals surface area contributed by atoms with E-state index in [2.05, 4.69) is 0 Å². The van der Waals surface area contributed by atoms with Gasteiger partial charge in [-0.2, -0.15) is 0 Å². The number of carboxylic acid groups (broad SMARTS) is 1. The molecule has 0 aliphatic carbocycles. The summed E-state index contributed by atoms with van der Waals surface area (Å²) in [6, 6.07) is 0. The molecule has 0 saturated carbocycles. The molecule has 1 aromatic rings. The molecule has 0 aromatic heterocycles. The van der Waals surface area contributed by atoms with Crippen molar-refractivity contribution in [1.29, 1.82) is 0 Å². The second-order valence-corrected chi connectivity index (χ2v) is 6.89. The lowest BCUT2D eigenvalue weighted by Crippen LogP contribution is -2.38. The lowest BCUT2D eigenvalue weighted by atomic mass is 9.82. The summed E-state index contributed by atoms with van der Waals surface area (Å²) < 4.78 is 4.98. The third-order valence-electron chi connectivity index (χ3n) is 4.88. The summed E-state index contributed by atoms with van der Waals surface area (Å²) in [4.78, 5) is 39.6. The summed E-state index contributed by atoms with van der Waals surface area (Å²) in [5, 5.41) is 66.4. The number of carbonyl (C=O) groups is 3. The van der Waals surface area contributed by atoms with Gasteiger partial charge < -0.3 is 45.4 Å².